The Hall–Kier alpha value is -1.26. The van der Waals surface area contributed by atoms with Gasteiger partial charge in [-0.15, -0.1) is 0 Å². The first-order chi connectivity index (χ1) is 9.28. The predicted octanol–water partition coefficient (Wildman–Crippen LogP) is 1.95. The van der Waals surface area contributed by atoms with E-state index in [4.69, 9.17) is 4.74 Å². The van der Waals surface area contributed by atoms with Crippen LogP contribution >= 0.6 is 0 Å². The lowest BCUT2D eigenvalue weighted by atomic mass is 10.1. The maximum atomic E-state index is 10.0. The molecule has 2 N–H and O–H groups in total. The molecule has 4 nitrogen and oxygen atoms in total. The van der Waals surface area contributed by atoms with Gasteiger partial charge in [-0.05, 0) is 50.2 Å². The van der Waals surface area contributed by atoms with Gasteiger partial charge in [0.15, 0.2) is 0 Å². The molecule has 1 fully saturated rings. The van der Waals surface area contributed by atoms with Gasteiger partial charge in [0.2, 0.25) is 0 Å². The molecule has 0 saturated carbocycles. The first-order valence-corrected chi connectivity index (χ1v) is 7.06. The van der Waals surface area contributed by atoms with Crippen LogP contribution in [0.4, 0.5) is 5.69 Å². The number of aliphatic hydroxyl groups is 1. The highest BCUT2D eigenvalue weighted by molar-refractivity contribution is 5.46. The van der Waals surface area contributed by atoms with E-state index in [9.17, 15) is 5.11 Å². The highest BCUT2D eigenvalue weighted by atomic mass is 16.5. The van der Waals surface area contributed by atoms with Gasteiger partial charge in [-0.25, -0.2) is 0 Å². The van der Waals surface area contributed by atoms with Crippen molar-refractivity contribution >= 4 is 5.69 Å². The predicted molar refractivity (Wildman–Crippen MR) is 77.8 cm³/mol. The van der Waals surface area contributed by atoms with Gasteiger partial charge in [0.05, 0.1) is 13.2 Å². The second-order valence-corrected chi connectivity index (χ2v) is 5.12. The van der Waals surface area contributed by atoms with Crippen LogP contribution in [-0.4, -0.2) is 49.4 Å². The van der Waals surface area contributed by atoms with Gasteiger partial charge in [0.25, 0.3) is 0 Å². The van der Waals surface area contributed by atoms with Gasteiger partial charge >= 0.3 is 0 Å². The van der Waals surface area contributed by atoms with Crippen LogP contribution in [-0.2, 0) is 0 Å². The highest BCUT2D eigenvalue weighted by Crippen LogP contribution is 2.15. The SMILES string of the molecule is COc1ccc(NC[C@H](O)CN2CCCCC2)cc1. The van der Waals surface area contributed by atoms with Crippen molar-refractivity contribution in [2.24, 2.45) is 0 Å². The summed E-state index contributed by atoms with van der Waals surface area (Å²) in [5.41, 5.74) is 1.01. The molecule has 2 rings (SSSR count). The van der Waals surface area contributed by atoms with Crippen LogP contribution in [0.25, 0.3) is 0 Å². The third-order valence-electron chi connectivity index (χ3n) is 3.55. The van der Waals surface area contributed by atoms with Crippen LogP contribution in [0.3, 0.4) is 0 Å². The third-order valence-corrected chi connectivity index (χ3v) is 3.55. The molecule has 0 aromatic heterocycles. The minimum atomic E-state index is -0.319. The summed E-state index contributed by atoms with van der Waals surface area (Å²) < 4.78 is 5.11. The van der Waals surface area contributed by atoms with Gasteiger partial charge in [0, 0.05) is 18.8 Å². The minimum Gasteiger partial charge on any atom is -0.497 e. The number of nitrogens with zero attached hydrogens (tertiary/aromatic N) is 1. The molecule has 0 spiro atoms. The lowest BCUT2D eigenvalue weighted by molar-refractivity contribution is 0.110. The van der Waals surface area contributed by atoms with Crippen LogP contribution in [0, 0.1) is 0 Å². The Morgan fingerprint density at radius 3 is 2.53 bits per heavy atom. The second-order valence-electron chi connectivity index (χ2n) is 5.12. The molecule has 0 amide bonds. The van der Waals surface area contributed by atoms with E-state index in [0.29, 0.717) is 6.54 Å². The van der Waals surface area contributed by atoms with Crippen molar-refractivity contribution in [2.75, 3.05) is 38.6 Å². The number of β-amino-alcohol motifs (C(OH)–C–C–N with tert-alkyl or cyclic N) is 1. The molecule has 1 saturated heterocycles. The number of aliphatic hydroxyl groups excluding tert-OH is 1. The Balaban J connectivity index is 1.71. The van der Waals surface area contributed by atoms with Gasteiger partial charge in [-0.1, -0.05) is 6.42 Å². The van der Waals surface area contributed by atoms with E-state index in [2.05, 4.69) is 10.2 Å². The molecule has 0 bridgehead atoms. The van der Waals surface area contributed by atoms with E-state index in [1.54, 1.807) is 7.11 Å². The van der Waals surface area contributed by atoms with Crippen molar-refractivity contribution in [3.63, 3.8) is 0 Å². The summed E-state index contributed by atoms with van der Waals surface area (Å²) in [4.78, 5) is 2.35. The molecule has 1 aromatic rings. The lowest BCUT2D eigenvalue weighted by Gasteiger charge is -2.28. The molecule has 1 aliphatic heterocycles. The number of rotatable bonds is 6. The molecular weight excluding hydrogens is 240 g/mol. The first kappa shape index (κ1) is 14.2. The summed E-state index contributed by atoms with van der Waals surface area (Å²) >= 11 is 0. The molecule has 1 aromatic carbocycles. The van der Waals surface area contributed by atoms with Gasteiger partial charge in [0.1, 0.15) is 5.75 Å². The summed E-state index contributed by atoms with van der Waals surface area (Å²) in [5, 5.41) is 13.3. The normalized spacial score (nSPS) is 18.0. The number of hydrogen-bond donors (Lipinski definition) is 2. The number of benzene rings is 1. The molecule has 0 unspecified atom stereocenters. The topological polar surface area (TPSA) is 44.7 Å². The number of methoxy groups -OCH3 is 1. The van der Waals surface area contributed by atoms with E-state index < -0.39 is 0 Å². The van der Waals surface area contributed by atoms with E-state index >= 15 is 0 Å². The minimum absolute atomic E-state index is 0.319. The van der Waals surface area contributed by atoms with Crippen LogP contribution in [0.15, 0.2) is 24.3 Å². The maximum absolute atomic E-state index is 10.0. The van der Waals surface area contributed by atoms with E-state index in [0.717, 1.165) is 31.1 Å². The number of piperidine rings is 1. The van der Waals surface area contributed by atoms with E-state index in [-0.39, 0.29) is 6.10 Å². The number of nitrogens with one attached hydrogen (secondary N) is 1. The van der Waals surface area contributed by atoms with Crippen molar-refractivity contribution in [1.82, 2.24) is 4.90 Å². The standard InChI is InChI=1S/C15H24N2O2/c1-19-15-7-5-13(6-8-15)16-11-14(18)12-17-9-3-2-4-10-17/h5-8,14,16,18H,2-4,9-12H2,1H3/t14-/m0/s1. The zero-order valence-electron chi connectivity index (χ0n) is 11.6. The Labute approximate surface area is 115 Å². The molecule has 1 heterocycles. The lowest BCUT2D eigenvalue weighted by Crippen LogP contribution is -2.39. The summed E-state index contributed by atoms with van der Waals surface area (Å²) in [7, 11) is 1.66. The summed E-state index contributed by atoms with van der Waals surface area (Å²) in [6, 6.07) is 7.76. The van der Waals surface area contributed by atoms with Crippen molar-refractivity contribution in [3.05, 3.63) is 24.3 Å². The number of hydrogen-bond acceptors (Lipinski definition) is 4. The fourth-order valence-electron chi connectivity index (χ4n) is 2.45. The third kappa shape index (κ3) is 4.73. The summed E-state index contributed by atoms with van der Waals surface area (Å²) in [5.74, 6) is 0.847. The average molecular weight is 264 g/mol. The van der Waals surface area contributed by atoms with Crippen molar-refractivity contribution in [1.29, 1.82) is 0 Å². The zero-order chi connectivity index (χ0) is 13.5. The highest BCUT2D eigenvalue weighted by Gasteiger charge is 2.14. The Morgan fingerprint density at radius 2 is 1.89 bits per heavy atom. The molecule has 1 aliphatic rings. The Morgan fingerprint density at radius 1 is 1.21 bits per heavy atom. The van der Waals surface area contributed by atoms with Crippen LogP contribution in [0.2, 0.25) is 0 Å². The molecule has 0 radical (unpaired) electrons. The van der Waals surface area contributed by atoms with Crippen LogP contribution in [0.5, 0.6) is 5.75 Å². The zero-order valence-corrected chi connectivity index (χ0v) is 11.6. The maximum Gasteiger partial charge on any atom is 0.119 e. The fourth-order valence-corrected chi connectivity index (χ4v) is 2.45. The molecule has 4 heteroatoms. The quantitative estimate of drug-likeness (QED) is 0.824. The summed E-state index contributed by atoms with van der Waals surface area (Å²) in [6.07, 6.45) is 3.54. The largest absolute Gasteiger partial charge is 0.497 e. The van der Waals surface area contributed by atoms with Crippen LogP contribution in [0.1, 0.15) is 19.3 Å². The first-order valence-electron chi connectivity index (χ1n) is 7.06. The molecule has 106 valence electrons. The second kappa shape index (κ2) is 7.36. The average Bonchev–Trinajstić information content (AvgIpc) is 2.47. The molecule has 19 heavy (non-hydrogen) atoms. The Bertz CT molecular complexity index is 361. The van der Waals surface area contributed by atoms with Gasteiger partial charge in [-0.3, -0.25) is 0 Å². The smallest absolute Gasteiger partial charge is 0.119 e. The number of anilines is 1. The monoisotopic (exact) mass is 264 g/mol. The van der Waals surface area contributed by atoms with Crippen molar-refractivity contribution in [3.8, 4) is 5.75 Å². The van der Waals surface area contributed by atoms with Crippen molar-refractivity contribution in [2.45, 2.75) is 25.4 Å². The van der Waals surface area contributed by atoms with Crippen molar-refractivity contribution < 1.29 is 9.84 Å². The summed E-state index contributed by atoms with van der Waals surface area (Å²) in [6.45, 7) is 3.60. The molecule has 0 aliphatic carbocycles. The van der Waals surface area contributed by atoms with Gasteiger partial charge in [-0.2, -0.15) is 0 Å². The number of likely N-dealkylation sites (tertiary alicyclic amines) is 1. The Kier molecular flexibility index (Phi) is 5.48. The van der Waals surface area contributed by atoms with E-state index in [1.165, 1.54) is 19.3 Å². The molecular formula is C15H24N2O2. The van der Waals surface area contributed by atoms with E-state index in [1.807, 2.05) is 24.3 Å². The molecule has 1 atom stereocenters. The van der Waals surface area contributed by atoms with Gasteiger partial charge < -0.3 is 20.1 Å². The fraction of sp³-hybridized carbons (Fsp3) is 0.600. The number of ether oxygens (including phenoxy) is 1. The van der Waals surface area contributed by atoms with Crippen LogP contribution < -0.4 is 10.1 Å².